The lowest BCUT2D eigenvalue weighted by molar-refractivity contribution is -0.119. The number of ether oxygens (including phenoxy) is 1. The molecule has 1 N–H and O–H groups in total. The summed E-state index contributed by atoms with van der Waals surface area (Å²) in [5.41, 5.74) is 3.54. The lowest BCUT2D eigenvalue weighted by atomic mass is 10.2. The van der Waals surface area contributed by atoms with E-state index in [0.717, 1.165) is 32.9 Å². The zero-order valence-electron chi connectivity index (χ0n) is 18.7. The third-order valence-corrected chi connectivity index (χ3v) is 7.10. The molecule has 9 heteroatoms. The summed E-state index contributed by atoms with van der Waals surface area (Å²) in [5.74, 6) is 0.198. The molecular weight excluding hydrogens is 518 g/mol. The molecule has 0 fully saturated rings. The van der Waals surface area contributed by atoms with E-state index in [1.165, 1.54) is 18.3 Å². The van der Waals surface area contributed by atoms with Crippen molar-refractivity contribution in [2.24, 2.45) is 5.10 Å². The summed E-state index contributed by atoms with van der Waals surface area (Å²) in [6.45, 7) is 2.34. The maximum Gasteiger partial charge on any atom is 0.264 e. The first kappa shape index (κ1) is 25.5. The number of benzene rings is 3. The van der Waals surface area contributed by atoms with Gasteiger partial charge in [0.15, 0.2) is 0 Å². The summed E-state index contributed by atoms with van der Waals surface area (Å²) in [4.78, 5) is 12.7. The van der Waals surface area contributed by atoms with Crippen molar-refractivity contribution in [3.8, 4) is 5.75 Å². The number of amides is 1. The fourth-order valence-electron chi connectivity index (χ4n) is 2.97. The topological polar surface area (TPSA) is 88.1 Å². The molecule has 0 radical (unpaired) electrons. The molecule has 34 heavy (non-hydrogen) atoms. The van der Waals surface area contributed by atoms with Crippen LogP contribution < -0.4 is 14.5 Å². The Morgan fingerprint density at radius 2 is 1.71 bits per heavy atom. The first-order valence-corrected chi connectivity index (χ1v) is 13.0. The Morgan fingerprint density at radius 3 is 2.35 bits per heavy atom. The molecule has 0 aliphatic rings. The number of rotatable bonds is 11. The maximum atomic E-state index is 13.3. The maximum absolute atomic E-state index is 13.3. The number of unbranched alkanes of at least 4 members (excludes halogenated alkanes) is 1. The van der Waals surface area contributed by atoms with Gasteiger partial charge in [-0.2, -0.15) is 5.10 Å². The van der Waals surface area contributed by atoms with Crippen LogP contribution in [0.5, 0.6) is 5.75 Å². The third kappa shape index (κ3) is 7.16. The van der Waals surface area contributed by atoms with Gasteiger partial charge in [0.2, 0.25) is 0 Å². The second-order valence-electron chi connectivity index (χ2n) is 7.37. The lowest BCUT2D eigenvalue weighted by Crippen LogP contribution is -2.39. The Hall–Kier alpha value is -3.17. The van der Waals surface area contributed by atoms with Crippen LogP contribution in [0.15, 0.2) is 93.3 Å². The van der Waals surface area contributed by atoms with Crippen molar-refractivity contribution < 1.29 is 17.9 Å². The van der Waals surface area contributed by atoms with E-state index < -0.39 is 22.5 Å². The fourth-order valence-corrected chi connectivity index (χ4v) is 4.68. The molecule has 0 bridgehead atoms. The van der Waals surface area contributed by atoms with E-state index in [1.807, 2.05) is 24.3 Å². The number of hydrogen-bond acceptors (Lipinski definition) is 5. The van der Waals surface area contributed by atoms with Crippen molar-refractivity contribution in [1.82, 2.24) is 5.43 Å². The van der Waals surface area contributed by atoms with Gasteiger partial charge >= 0.3 is 0 Å². The average molecular weight is 544 g/mol. The number of carbonyl (C=O) groups is 1. The van der Waals surface area contributed by atoms with Gasteiger partial charge in [0.05, 0.1) is 23.4 Å². The Morgan fingerprint density at radius 1 is 1.03 bits per heavy atom. The summed E-state index contributed by atoms with van der Waals surface area (Å²) in [7, 11) is -3.96. The summed E-state index contributed by atoms with van der Waals surface area (Å²) in [6.07, 6.45) is 3.55. The molecule has 0 aromatic heterocycles. The summed E-state index contributed by atoms with van der Waals surface area (Å²) >= 11 is 3.34. The minimum Gasteiger partial charge on any atom is -0.494 e. The number of carbonyl (C=O) groups excluding carboxylic acids is 1. The number of halogens is 1. The van der Waals surface area contributed by atoms with E-state index in [9.17, 15) is 13.2 Å². The number of sulfonamides is 1. The average Bonchev–Trinajstić information content (AvgIpc) is 2.85. The highest BCUT2D eigenvalue weighted by Gasteiger charge is 2.27. The van der Waals surface area contributed by atoms with Crippen LogP contribution >= 0.6 is 15.9 Å². The second kappa shape index (κ2) is 12.3. The predicted molar refractivity (Wildman–Crippen MR) is 138 cm³/mol. The highest BCUT2D eigenvalue weighted by molar-refractivity contribution is 9.10. The number of anilines is 1. The molecule has 3 rings (SSSR count). The first-order valence-electron chi connectivity index (χ1n) is 10.8. The van der Waals surface area contributed by atoms with Crippen LogP contribution in [-0.2, 0) is 14.8 Å². The normalized spacial score (nSPS) is 11.4. The van der Waals surface area contributed by atoms with Crippen LogP contribution in [0.4, 0.5) is 5.69 Å². The van der Waals surface area contributed by atoms with Crippen LogP contribution in [0.2, 0.25) is 0 Å². The van der Waals surface area contributed by atoms with Crippen molar-refractivity contribution in [3.05, 3.63) is 88.9 Å². The molecule has 0 atom stereocenters. The van der Waals surface area contributed by atoms with Crippen molar-refractivity contribution in [2.45, 2.75) is 24.7 Å². The molecule has 0 heterocycles. The zero-order chi connectivity index (χ0) is 24.4. The van der Waals surface area contributed by atoms with Gasteiger partial charge < -0.3 is 4.74 Å². The first-order chi connectivity index (χ1) is 16.4. The molecule has 178 valence electrons. The molecule has 3 aromatic rings. The summed E-state index contributed by atoms with van der Waals surface area (Å²) < 4.78 is 34.0. The molecule has 0 spiro atoms. The predicted octanol–water partition coefficient (Wildman–Crippen LogP) is 4.97. The van der Waals surface area contributed by atoms with E-state index in [-0.39, 0.29) is 4.90 Å². The number of hydrogen-bond donors (Lipinski definition) is 1. The van der Waals surface area contributed by atoms with Crippen molar-refractivity contribution in [2.75, 3.05) is 17.5 Å². The smallest absolute Gasteiger partial charge is 0.264 e. The van der Waals surface area contributed by atoms with Gasteiger partial charge in [0.1, 0.15) is 12.3 Å². The molecule has 3 aromatic carbocycles. The van der Waals surface area contributed by atoms with Crippen molar-refractivity contribution in [1.29, 1.82) is 0 Å². The SMILES string of the molecule is CCCCOc1ccc(/C=N\NC(=O)CN(c2ccc(Br)cc2)S(=O)(=O)c2ccccc2)cc1. The Balaban J connectivity index is 1.69. The lowest BCUT2D eigenvalue weighted by Gasteiger charge is -2.23. The van der Waals surface area contributed by atoms with Crippen LogP contribution in [0.25, 0.3) is 0 Å². The van der Waals surface area contributed by atoms with Gasteiger partial charge in [-0.1, -0.05) is 47.5 Å². The molecular formula is C25H26BrN3O4S. The Bertz CT molecular complexity index is 1200. The highest BCUT2D eigenvalue weighted by Crippen LogP contribution is 2.25. The quantitative estimate of drug-likeness (QED) is 0.210. The molecule has 0 aliphatic heterocycles. The Kier molecular flexibility index (Phi) is 9.24. The van der Waals surface area contributed by atoms with E-state index in [2.05, 4.69) is 33.4 Å². The molecule has 0 unspecified atom stereocenters. The van der Waals surface area contributed by atoms with Gasteiger partial charge in [-0.05, 0) is 72.6 Å². The molecule has 0 saturated carbocycles. The van der Waals surface area contributed by atoms with E-state index in [4.69, 9.17) is 4.74 Å². The van der Waals surface area contributed by atoms with Gasteiger partial charge in [-0.3, -0.25) is 9.10 Å². The fraction of sp³-hybridized carbons (Fsp3) is 0.200. The van der Waals surface area contributed by atoms with Crippen LogP contribution in [0.1, 0.15) is 25.3 Å². The number of nitrogens with one attached hydrogen (secondary N) is 1. The third-order valence-electron chi connectivity index (χ3n) is 4.78. The van der Waals surface area contributed by atoms with Crippen LogP contribution in [0.3, 0.4) is 0 Å². The number of hydrazone groups is 1. The Labute approximate surface area is 208 Å². The molecule has 0 aliphatic carbocycles. The van der Waals surface area contributed by atoms with Gasteiger partial charge in [0, 0.05) is 4.47 Å². The number of nitrogens with zero attached hydrogens (tertiary/aromatic N) is 2. The second-order valence-corrected chi connectivity index (χ2v) is 10.1. The van der Waals surface area contributed by atoms with Crippen molar-refractivity contribution >= 4 is 43.8 Å². The molecule has 1 amide bonds. The monoisotopic (exact) mass is 543 g/mol. The standard InChI is InChI=1S/C25H26BrN3O4S/c1-2-3-17-33-23-15-9-20(10-16-23)18-27-28-25(30)19-29(22-13-11-21(26)12-14-22)34(31,32)24-7-5-4-6-8-24/h4-16,18H,2-3,17,19H2,1H3,(H,28,30)/b27-18-. The van der Waals surface area contributed by atoms with E-state index >= 15 is 0 Å². The van der Waals surface area contributed by atoms with Crippen LogP contribution in [0, 0.1) is 0 Å². The molecule has 7 nitrogen and oxygen atoms in total. The largest absolute Gasteiger partial charge is 0.494 e. The van der Waals surface area contributed by atoms with Gasteiger partial charge in [-0.15, -0.1) is 0 Å². The van der Waals surface area contributed by atoms with Crippen LogP contribution in [-0.4, -0.2) is 33.7 Å². The zero-order valence-corrected chi connectivity index (χ0v) is 21.1. The molecule has 0 saturated heterocycles. The highest BCUT2D eigenvalue weighted by atomic mass is 79.9. The van der Waals surface area contributed by atoms with Gasteiger partial charge in [0.25, 0.3) is 15.9 Å². The summed E-state index contributed by atoms with van der Waals surface area (Å²) in [5, 5.41) is 3.97. The minimum absolute atomic E-state index is 0.0930. The summed E-state index contributed by atoms with van der Waals surface area (Å²) in [6, 6.07) is 22.0. The van der Waals surface area contributed by atoms with Crippen molar-refractivity contribution in [3.63, 3.8) is 0 Å². The van der Waals surface area contributed by atoms with E-state index in [0.29, 0.717) is 12.3 Å². The van der Waals surface area contributed by atoms with E-state index in [1.54, 1.807) is 42.5 Å². The minimum atomic E-state index is -3.96. The van der Waals surface area contributed by atoms with Gasteiger partial charge in [-0.25, -0.2) is 13.8 Å².